The molecule has 0 radical (unpaired) electrons. The minimum atomic E-state index is -0.642. The van der Waals surface area contributed by atoms with Crippen LogP contribution in [-0.4, -0.2) is 42.1 Å². The largest absolute Gasteiger partial charge is 0.418 e. The van der Waals surface area contributed by atoms with Gasteiger partial charge in [-0.15, -0.1) is 0 Å². The lowest BCUT2D eigenvalue weighted by atomic mass is 10.2. The lowest BCUT2D eigenvalue weighted by molar-refractivity contribution is 0.103. The van der Waals surface area contributed by atoms with Crippen LogP contribution >= 0.6 is 11.6 Å². The van der Waals surface area contributed by atoms with Crippen LogP contribution < -0.4 is 0 Å². The minimum Gasteiger partial charge on any atom is -0.359 e. The molecule has 0 spiro atoms. The van der Waals surface area contributed by atoms with E-state index in [4.69, 9.17) is 16.3 Å². The summed E-state index contributed by atoms with van der Waals surface area (Å²) in [4.78, 5) is 26.4. The maximum atomic E-state index is 11.8. The highest BCUT2D eigenvalue weighted by Gasteiger charge is 2.23. The van der Waals surface area contributed by atoms with E-state index < -0.39 is 12.2 Å². The topological polar surface area (TPSA) is 49.9 Å². The molecule has 1 aromatic carbocycles. The number of hydrogen-bond donors (Lipinski definition) is 0. The summed E-state index contributed by atoms with van der Waals surface area (Å²) < 4.78 is 4.84. The number of rotatable bonds is 2. The Hall–Kier alpha value is -1.75. The Morgan fingerprint density at radius 3 is 2.45 bits per heavy atom. The molecule has 5 nitrogen and oxygen atoms in total. The summed E-state index contributed by atoms with van der Waals surface area (Å²) in [6, 6.07) is 7.17. The highest BCUT2D eigenvalue weighted by molar-refractivity contribution is 6.30. The van der Waals surface area contributed by atoms with E-state index in [9.17, 15) is 9.59 Å². The van der Waals surface area contributed by atoms with Crippen LogP contribution in [0, 0.1) is 0 Å². The van der Waals surface area contributed by atoms with Crippen LogP contribution in [-0.2, 0) is 11.3 Å². The van der Waals surface area contributed by atoms with Crippen LogP contribution in [0.25, 0.3) is 0 Å². The number of ether oxygens (including phenoxy) is 1. The van der Waals surface area contributed by atoms with Gasteiger partial charge in [0.15, 0.2) is 0 Å². The number of carbonyl (C=O) groups is 2. The summed E-state index contributed by atoms with van der Waals surface area (Å²) >= 11 is 5.80. The zero-order valence-electron chi connectivity index (χ0n) is 11.3. The predicted molar refractivity (Wildman–Crippen MR) is 75.6 cm³/mol. The molecule has 0 saturated carbocycles. The van der Waals surface area contributed by atoms with E-state index in [0.717, 1.165) is 18.4 Å². The zero-order chi connectivity index (χ0) is 14.5. The van der Waals surface area contributed by atoms with Crippen molar-refractivity contribution >= 4 is 23.8 Å². The molecule has 0 bridgehead atoms. The van der Waals surface area contributed by atoms with Gasteiger partial charge in [-0.25, -0.2) is 9.59 Å². The monoisotopic (exact) mass is 296 g/mol. The molecular weight excluding hydrogens is 280 g/mol. The average molecular weight is 297 g/mol. The van der Waals surface area contributed by atoms with Gasteiger partial charge >= 0.3 is 12.2 Å². The molecule has 20 heavy (non-hydrogen) atoms. The van der Waals surface area contributed by atoms with Gasteiger partial charge in [-0.1, -0.05) is 23.7 Å². The Kier molecular flexibility index (Phi) is 4.84. The van der Waals surface area contributed by atoms with Crippen molar-refractivity contribution in [1.29, 1.82) is 0 Å². The number of carbonyl (C=O) groups excluding carboxylic acids is 2. The van der Waals surface area contributed by atoms with Gasteiger partial charge in [-0.3, -0.25) is 0 Å². The highest BCUT2D eigenvalue weighted by Crippen LogP contribution is 2.12. The highest BCUT2D eigenvalue weighted by atomic mass is 35.5. The lowest BCUT2D eigenvalue weighted by Gasteiger charge is -2.19. The van der Waals surface area contributed by atoms with Crippen LogP contribution in [0.15, 0.2) is 24.3 Å². The normalized spacial score (nSPS) is 14.2. The Balaban J connectivity index is 1.85. The molecule has 6 heteroatoms. The first-order chi connectivity index (χ1) is 9.56. The van der Waals surface area contributed by atoms with Crippen LogP contribution in [0.1, 0.15) is 18.4 Å². The van der Waals surface area contributed by atoms with E-state index in [1.165, 1.54) is 4.90 Å². The van der Waals surface area contributed by atoms with Crippen molar-refractivity contribution in [2.24, 2.45) is 0 Å². The fraction of sp³-hybridized carbons (Fsp3) is 0.429. The third-order valence-electron chi connectivity index (χ3n) is 3.18. The number of halogens is 1. The second-order valence-corrected chi connectivity index (χ2v) is 5.25. The average Bonchev–Trinajstić information content (AvgIpc) is 2.95. The molecule has 1 aliphatic heterocycles. The van der Waals surface area contributed by atoms with Gasteiger partial charge in [-0.2, -0.15) is 0 Å². The molecule has 1 fully saturated rings. The van der Waals surface area contributed by atoms with Gasteiger partial charge in [0.25, 0.3) is 0 Å². The van der Waals surface area contributed by atoms with Crippen LogP contribution in [0.5, 0.6) is 0 Å². The van der Waals surface area contributed by atoms with Crippen molar-refractivity contribution in [3.05, 3.63) is 34.9 Å². The van der Waals surface area contributed by atoms with Gasteiger partial charge in [-0.05, 0) is 30.5 Å². The van der Waals surface area contributed by atoms with E-state index in [-0.39, 0.29) is 0 Å². The molecule has 2 amide bonds. The zero-order valence-corrected chi connectivity index (χ0v) is 12.1. The fourth-order valence-electron chi connectivity index (χ4n) is 2.05. The Morgan fingerprint density at radius 2 is 1.85 bits per heavy atom. The molecule has 1 aliphatic rings. The summed E-state index contributed by atoms with van der Waals surface area (Å²) in [5.74, 6) is 0. The van der Waals surface area contributed by atoms with Crippen molar-refractivity contribution in [2.45, 2.75) is 19.4 Å². The smallest absolute Gasteiger partial charge is 0.359 e. The predicted octanol–water partition coefficient (Wildman–Crippen LogP) is 3.12. The van der Waals surface area contributed by atoms with Gasteiger partial charge < -0.3 is 14.5 Å². The van der Waals surface area contributed by atoms with Gasteiger partial charge in [0.05, 0.1) is 0 Å². The number of amides is 2. The van der Waals surface area contributed by atoms with Crippen LogP contribution in [0.3, 0.4) is 0 Å². The maximum Gasteiger partial charge on any atom is 0.418 e. The number of benzene rings is 1. The lowest BCUT2D eigenvalue weighted by Crippen LogP contribution is -2.35. The first-order valence-electron chi connectivity index (χ1n) is 6.52. The Labute approximate surface area is 123 Å². The molecule has 2 rings (SSSR count). The van der Waals surface area contributed by atoms with Crippen LogP contribution in [0.4, 0.5) is 9.59 Å². The maximum absolute atomic E-state index is 11.8. The molecule has 1 aromatic rings. The van der Waals surface area contributed by atoms with E-state index in [1.54, 1.807) is 24.1 Å². The quantitative estimate of drug-likeness (QED) is 0.788. The van der Waals surface area contributed by atoms with E-state index in [0.29, 0.717) is 24.7 Å². The molecule has 1 heterocycles. The second kappa shape index (κ2) is 6.61. The van der Waals surface area contributed by atoms with Crippen molar-refractivity contribution in [2.75, 3.05) is 20.1 Å². The molecular formula is C14H17ClN2O3. The first kappa shape index (κ1) is 14.7. The van der Waals surface area contributed by atoms with Crippen molar-refractivity contribution < 1.29 is 14.3 Å². The number of nitrogens with zero attached hydrogens (tertiary/aromatic N) is 2. The van der Waals surface area contributed by atoms with E-state index in [1.807, 2.05) is 12.1 Å². The molecule has 0 N–H and O–H groups in total. The fourth-order valence-corrected chi connectivity index (χ4v) is 2.17. The third-order valence-corrected chi connectivity index (χ3v) is 3.44. The molecule has 0 unspecified atom stereocenters. The number of hydrogen-bond acceptors (Lipinski definition) is 3. The first-order valence-corrected chi connectivity index (χ1v) is 6.90. The summed E-state index contributed by atoms with van der Waals surface area (Å²) in [6.45, 7) is 1.68. The summed E-state index contributed by atoms with van der Waals surface area (Å²) in [6.07, 6.45) is 0.723. The molecule has 0 atom stereocenters. The summed E-state index contributed by atoms with van der Waals surface area (Å²) in [7, 11) is 1.59. The standard InChI is InChI=1S/C14H17ClN2O3/c1-16(10-11-4-6-12(15)7-5-11)13(18)20-14(19)17-8-2-3-9-17/h4-7H,2-3,8-10H2,1H3. The Bertz CT molecular complexity index is 484. The Morgan fingerprint density at radius 1 is 1.25 bits per heavy atom. The van der Waals surface area contributed by atoms with Crippen LogP contribution in [0.2, 0.25) is 5.02 Å². The molecule has 108 valence electrons. The number of likely N-dealkylation sites (tertiary alicyclic amines) is 1. The SMILES string of the molecule is CN(Cc1ccc(Cl)cc1)C(=O)OC(=O)N1CCCC1. The van der Waals surface area contributed by atoms with E-state index in [2.05, 4.69) is 0 Å². The minimum absolute atomic E-state index is 0.364. The van der Waals surface area contributed by atoms with Gasteiger partial charge in [0.1, 0.15) is 0 Å². The van der Waals surface area contributed by atoms with Crippen molar-refractivity contribution in [1.82, 2.24) is 9.80 Å². The van der Waals surface area contributed by atoms with Crippen molar-refractivity contribution in [3.63, 3.8) is 0 Å². The van der Waals surface area contributed by atoms with Gasteiger partial charge in [0.2, 0.25) is 0 Å². The van der Waals surface area contributed by atoms with E-state index >= 15 is 0 Å². The van der Waals surface area contributed by atoms with Gasteiger partial charge in [0, 0.05) is 31.7 Å². The molecule has 0 aliphatic carbocycles. The summed E-state index contributed by atoms with van der Waals surface area (Å²) in [5.41, 5.74) is 0.919. The third kappa shape index (κ3) is 3.87. The van der Waals surface area contributed by atoms with Crippen molar-refractivity contribution in [3.8, 4) is 0 Å². The second-order valence-electron chi connectivity index (χ2n) is 4.81. The summed E-state index contributed by atoms with van der Waals surface area (Å²) in [5, 5.41) is 0.642. The molecule has 1 saturated heterocycles. The molecule has 0 aromatic heterocycles.